The van der Waals surface area contributed by atoms with Crippen LogP contribution in [0, 0.1) is 18.2 Å². The molecule has 2 N–H and O–H groups in total. The van der Waals surface area contributed by atoms with E-state index in [2.05, 4.69) is 11.2 Å². The van der Waals surface area contributed by atoms with Gasteiger partial charge < -0.3 is 5.32 Å². The van der Waals surface area contributed by atoms with Crippen molar-refractivity contribution in [3.63, 3.8) is 0 Å². The third-order valence-electron chi connectivity index (χ3n) is 4.41. The van der Waals surface area contributed by atoms with Crippen molar-refractivity contribution in [2.45, 2.75) is 42.8 Å². The maximum atomic E-state index is 13.6. The topological polar surface area (TPSA) is 75.3 Å². The van der Waals surface area contributed by atoms with Gasteiger partial charge >= 0.3 is 12.4 Å². The quantitative estimate of drug-likeness (QED) is 0.449. The summed E-state index contributed by atoms with van der Waals surface area (Å²) in [4.78, 5) is 12.5. The van der Waals surface area contributed by atoms with Crippen molar-refractivity contribution < 1.29 is 43.9 Å². The van der Waals surface area contributed by atoms with E-state index >= 15 is 0 Å². The van der Waals surface area contributed by atoms with Gasteiger partial charge in [0, 0.05) is 0 Å². The molecule has 2 atom stereocenters. The van der Waals surface area contributed by atoms with Gasteiger partial charge in [-0.3, -0.25) is 10.1 Å². The molecular formula is C18H17F7N2O3S. The Morgan fingerprint density at radius 1 is 1.13 bits per heavy atom. The first-order chi connectivity index (χ1) is 14.1. The summed E-state index contributed by atoms with van der Waals surface area (Å²) in [5, 5.41) is 3.98. The number of carbonyl (C=O) groups excluding carboxylic acids is 1. The van der Waals surface area contributed by atoms with E-state index in [0.29, 0.717) is 12.1 Å². The van der Waals surface area contributed by atoms with Gasteiger partial charge in [0.15, 0.2) is 9.84 Å². The van der Waals surface area contributed by atoms with Gasteiger partial charge in [0.2, 0.25) is 5.91 Å². The Labute approximate surface area is 173 Å². The Morgan fingerprint density at radius 2 is 1.68 bits per heavy atom. The van der Waals surface area contributed by atoms with E-state index in [-0.39, 0.29) is 12.8 Å². The summed E-state index contributed by atoms with van der Waals surface area (Å²) >= 11 is 0. The van der Waals surface area contributed by atoms with E-state index in [1.54, 1.807) is 5.32 Å². The lowest BCUT2D eigenvalue weighted by Crippen LogP contribution is -2.54. The van der Waals surface area contributed by atoms with Crippen LogP contribution in [0.5, 0.6) is 0 Å². The molecule has 0 radical (unpaired) electrons. The number of nitrogens with one attached hydrogen (secondary N) is 2. The van der Waals surface area contributed by atoms with E-state index in [1.807, 2.05) is 0 Å². The van der Waals surface area contributed by atoms with E-state index in [1.165, 1.54) is 0 Å². The van der Waals surface area contributed by atoms with Crippen molar-refractivity contribution in [2.24, 2.45) is 0 Å². The van der Waals surface area contributed by atoms with E-state index in [4.69, 9.17) is 6.42 Å². The van der Waals surface area contributed by atoms with Gasteiger partial charge in [-0.2, -0.15) is 26.3 Å². The average molecular weight is 474 g/mol. The van der Waals surface area contributed by atoms with Gasteiger partial charge in [0.05, 0.1) is 5.75 Å². The van der Waals surface area contributed by atoms with Gasteiger partial charge in [-0.15, -0.1) is 6.42 Å². The molecule has 1 aromatic carbocycles. The molecule has 5 nitrogen and oxygen atoms in total. The smallest absolute Gasteiger partial charge is 0.338 e. The summed E-state index contributed by atoms with van der Waals surface area (Å²) in [6.45, 7) is 0. The zero-order valence-electron chi connectivity index (χ0n) is 15.6. The van der Waals surface area contributed by atoms with Gasteiger partial charge in [0.1, 0.15) is 29.2 Å². The Kier molecular flexibility index (Phi) is 6.97. The molecule has 1 aliphatic rings. The van der Waals surface area contributed by atoms with Gasteiger partial charge in [-0.25, -0.2) is 12.8 Å². The molecule has 1 aromatic rings. The third kappa shape index (κ3) is 7.39. The number of hydrogen-bond acceptors (Lipinski definition) is 4. The molecule has 1 saturated carbocycles. The fourth-order valence-corrected chi connectivity index (χ4v) is 4.12. The number of benzene rings is 1. The average Bonchev–Trinajstić information content (AvgIpc) is 3.36. The number of terminal acetylenes is 1. The van der Waals surface area contributed by atoms with Crippen molar-refractivity contribution in [1.29, 1.82) is 0 Å². The monoisotopic (exact) mass is 474 g/mol. The lowest BCUT2D eigenvalue weighted by Gasteiger charge is -2.28. The summed E-state index contributed by atoms with van der Waals surface area (Å²) in [7, 11) is -5.03. The second kappa shape index (κ2) is 8.66. The first-order valence-electron chi connectivity index (χ1n) is 8.71. The van der Waals surface area contributed by atoms with E-state index in [0.717, 1.165) is 12.1 Å². The Hall–Kier alpha value is -2.33. The van der Waals surface area contributed by atoms with Crippen LogP contribution in [0.3, 0.4) is 0 Å². The van der Waals surface area contributed by atoms with Crippen LogP contribution >= 0.6 is 0 Å². The minimum absolute atomic E-state index is 0.276. The summed E-state index contributed by atoms with van der Waals surface area (Å²) in [5.41, 5.74) is -1.76. The van der Waals surface area contributed by atoms with Crippen molar-refractivity contribution in [3.05, 3.63) is 35.6 Å². The third-order valence-corrected chi connectivity index (χ3v) is 6.02. The largest absolute Gasteiger partial charge is 0.407 e. The summed E-state index contributed by atoms with van der Waals surface area (Å²) in [6.07, 6.45) is -4.46. The number of rotatable bonds is 8. The van der Waals surface area contributed by atoms with Crippen molar-refractivity contribution in [3.8, 4) is 12.3 Å². The first-order valence-corrected chi connectivity index (χ1v) is 10.5. The highest BCUT2D eigenvalue weighted by Crippen LogP contribution is 2.36. The Balaban J connectivity index is 2.36. The maximum Gasteiger partial charge on any atom is 0.407 e. The number of alkyl halides is 6. The molecule has 0 aliphatic heterocycles. The first kappa shape index (κ1) is 24.9. The summed E-state index contributed by atoms with van der Waals surface area (Å²) < 4.78 is 115. The van der Waals surface area contributed by atoms with E-state index < -0.39 is 68.6 Å². The lowest BCUT2D eigenvalue weighted by atomic mass is 10.0. The molecule has 13 heteroatoms. The summed E-state index contributed by atoms with van der Waals surface area (Å²) in [5.74, 6) is -3.82. The maximum absolute atomic E-state index is 13.6. The number of carbonyl (C=O) groups is 1. The molecule has 0 heterocycles. The lowest BCUT2D eigenvalue weighted by molar-refractivity contribution is -0.160. The van der Waals surface area contributed by atoms with Crippen LogP contribution in [0.1, 0.15) is 24.4 Å². The molecule has 2 rings (SSSR count). The van der Waals surface area contributed by atoms with Crippen molar-refractivity contribution >= 4 is 15.7 Å². The van der Waals surface area contributed by atoms with Crippen LogP contribution in [-0.2, 0) is 14.6 Å². The van der Waals surface area contributed by atoms with Gasteiger partial charge in [-0.05, 0) is 30.5 Å². The van der Waals surface area contributed by atoms with Crippen LogP contribution in [-0.4, -0.2) is 49.8 Å². The highest BCUT2D eigenvalue weighted by atomic mass is 32.2. The minimum atomic E-state index is -5.16. The molecule has 0 spiro atoms. The van der Waals surface area contributed by atoms with Crippen LogP contribution in [0.2, 0.25) is 0 Å². The Morgan fingerprint density at radius 3 is 2.10 bits per heavy atom. The predicted octanol–water partition coefficient (Wildman–Crippen LogP) is 2.65. The fourth-order valence-electron chi connectivity index (χ4n) is 2.75. The zero-order valence-corrected chi connectivity index (χ0v) is 16.5. The van der Waals surface area contributed by atoms with Crippen LogP contribution in [0.25, 0.3) is 0 Å². The normalized spacial score (nSPS) is 18.0. The minimum Gasteiger partial charge on any atom is -0.338 e. The van der Waals surface area contributed by atoms with Gasteiger partial charge in [0.25, 0.3) is 0 Å². The molecule has 1 amide bonds. The second-order valence-electron chi connectivity index (χ2n) is 7.13. The SMILES string of the molecule is C#CC1(NC(=O)[C@H](CS(=O)(=O)CC(F)(F)F)N[C@@H](c2ccc(F)cc2)C(F)(F)F)CC1. The number of hydrogen-bond donors (Lipinski definition) is 2. The molecule has 0 bridgehead atoms. The number of amides is 1. The molecule has 31 heavy (non-hydrogen) atoms. The van der Waals surface area contributed by atoms with Crippen LogP contribution < -0.4 is 10.6 Å². The molecule has 0 unspecified atom stereocenters. The highest BCUT2D eigenvalue weighted by Gasteiger charge is 2.47. The molecular weight excluding hydrogens is 457 g/mol. The van der Waals surface area contributed by atoms with Crippen molar-refractivity contribution in [1.82, 2.24) is 10.6 Å². The zero-order chi connectivity index (χ0) is 23.7. The van der Waals surface area contributed by atoms with Crippen LogP contribution in [0.4, 0.5) is 30.7 Å². The van der Waals surface area contributed by atoms with Crippen LogP contribution in [0.15, 0.2) is 24.3 Å². The number of sulfone groups is 1. The van der Waals surface area contributed by atoms with Gasteiger partial charge in [-0.1, -0.05) is 18.1 Å². The van der Waals surface area contributed by atoms with Crippen molar-refractivity contribution in [2.75, 3.05) is 11.5 Å². The summed E-state index contributed by atoms with van der Waals surface area (Å²) in [6, 6.07) is -1.95. The molecule has 172 valence electrons. The fraction of sp³-hybridized carbons (Fsp3) is 0.500. The molecule has 1 aliphatic carbocycles. The predicted molar refractivity (Wildman–Crippen MR) is 95.8 cm³/mol. The number of halogens is 7. The Bertz CT molecular complexity index is 946. The standard InChI is InChI=1S/C18H17F7N2O3S/c1-2-16(7-8-16)27-15(28)13(9-31(29,30)10-17(20,21)22)26-14(18(23,24)25)11-3-5-12(19)6-4-11/h1,3-6,13-14,26H,7-10H2,(H,27,28)/t13-,14-/m0/s1. The molecule has 1 fully saturated rings. The van der Waals surface area contributed by atoms with E-state index in [9.17, 15) is 43.9 Å². The molecule has 0 aromatic heterocycles. The molecule has 0 saturated heterocycles. The second-order valence-corrected chi connectivity index (χ2v) is 9.24. The highest BCUT2D eigenvalue weighted by molar-refractivity contribution is 7.91.